The van der Waals surface area contributed by atoms with E-state index in [2.05, 4.69) is 9.69 Å². The minimum Gasteiger partial charge on any atom is -0.326 e. The minimum atomic E-state index is -3.63. The minimum absolute atomic E-state index is 0.0841. The zero-order valence-electron chi connectivity index (χ0n) is 17.9. The Kier molecular flexibility index (Phi) is 5.86. The molecule has 0 unspecified atom stereocenters. The number of rotatable bonds is 6. The second-order valence-corrected chi connectivity index (χ2v) is 10.8. The Labute approximate surface area is 197 Å². The van der Waals surface area contributed by atoms with E-state index >= 15 is 0 Å². The number of para-hydroxylation sites is 1. The van der Waals surface area contributed by atoms with Crippen LogP contribution < -0.4 is 9.62 Å². The van der Waals surface area contributed by atoms with Gasteiger partial charge < -0.3 is 5.32 Å². The van der Waals surface area contributed by atoms with E-state index in [1.165, 1.54) is 15.8 Å². The van der Waals surface area contributed by atoms with Gasteiger partial charge >= 0.3 is 0 Å². The monoisotopic (exact) mass is 477 g/mol. The van der Waals surface area contributed by atoms with Crippen molar-refractivity contribution in [2.75, 3.05) is 16.2 Å². The summed E-state index contributed by atoms with van der Waals surface area (Å²) >= 11 is 1.42. The number of fused-ring (bicyclic) bond motifs is 2. The van der Waals surface area contributed by atoms with E-state index < -0.39 is 10.0 Å². The Hall–Kier alpha value is -3.23. The SMILES string of the molecule is O=C(CCc1ccc(S(=O)(=O)N2CCCc3ccccc32)cc1)Nc1ccc2sncc2c1. The molecule has 33 heavy (non-hydrogen) atoms. The third-order valence-electron chi connectivity index (χ3n) is 5.86. The molecule has 0 saturated carbocycles. The predicted molar refractivity (Wildman–Crippen MR) is 132 cm³/mol. The molecule has 0 bridgehead atoms. The molecule has 1 aliphatic rings. The molecule has 0 radical (unpaired) electrons. The first-order valence-electron chi connectivity index (χ1n) is 10.8. The van der Waals surface area contributed by atoms with E-state index in [0.717, 1.165) is 45.4 Å². The highest BCUT2D eigenvalue weighted by atomic mass is 32.2. The van der Waals surface area contributed by atoms with Crippen LogP contribution in [0.15, 0.2) is 77.8 Å². The number of hydrogen-bond donors (Lipinski definition) is 1. The molecule has 0 spiro atoms. The van der Waals surface area contributed by atoms with E-state index in [4.69, 9.17) is 0 Å². The van der Waals surface area contributed by atoms with E-state index in [0.29, 0.717) is 19.4 Å². The zero-order valence-corrected chi connectivity index (χ0v) is 19.5. The molecule has 8 heteroatoms. The van der Waals surface area contributed by atoms with Gasteiger partial charge in [-0.3, -0.25) is 9.10 Å². The Morgan fingerprint density at radius 2 is 1.88 bits per heavy atom. The molecule has 1 N–H and O–H groups in total. The predicted octanol–water partition coefficient (Wildman–Crippen LogP) is 5.01. The van der Waals surface area contributed by atoms with E-state index in [9.17, 15) is 13.2 Å². The summed E-state index contributed by atoms with van der Waals surface area (Å²) in [6.07, 6.45) is 4.32. The number of carbonyl (C=O) groups is 1. The fraction of sp³-hybridized carbons (Fsp3) is 0.200. The molecule has 3 aromatic carbocycles. The Morgan fingerprint density at radius 3 is 2.73 bits per heavy atom. The van der Waals surface area contributed by atoms with Crippen LogP contribution in [0.25, 0.3) is 10.1 Å². The number of benzene rings is 3. The molecule has 1 amide bonds. The molecule has 1 aromatic heterocycles. The first-order chi connectivity index (χ1) is 16.0. The second kappa shape index (κ2) is 8.96. The molecule has 1 aliphatic heterocycles. The van der Waals surface area contributed by atoms with E-state index in [1.54, 1.807) is 30.5 Å². The lowest BCUT2D eigenvalue weighted by molar-refractivity contribution is -0.116. The molecule has 2 heterocycles. The van der Waals surface area contributed by atoms with Gasteiger partial charge in [-0.05, 0) is 78.3 Å². The van der Waals surface area contributed by atoms with Gasteiger partial charge in [0.2, 0.25) is 5.91 Å². The molecular formula is C25H23N3O3S2. The van der Waals surface area contributed by atoms with Crippen LogP contribution in [0.4, 0.5) is 11.4 Å². The smallest absolute Gasteiger partial charge is 0.264 e. The lowest BCUT2D eigenvalue weighted by atomic mass is 10.0. The van der Waals surface area contributed by atoms with Crippen molar-refractivity contribution in [3.8, 4) is 0 Å². The van der Waals surface area contributed by atoms with Crippen LogP contribution in [-0.2, 0) is 27.7 Å². The van der Waals surface area contributed by atoms with Gasteiger partial charge in [0.25, 0.3) is 10.0 Å². The van der Waals surface area contributed by atoms with Crippen molar-refractivity contribution in [2.45, 2.75) is 30.6 Å². The summed E-state index contributed by atoms with van der Waals surface area (Å²) in [6.45, 7) is 0.481. The molecule has 0 aliphatic carbocycles. The van der Waals surface area contributed by atoms with Gasteiger partial charge in [0.05, 0.1) is 15.3 Å². The van der Waals surface area contributed by atoms with Crippen molar-refractivity contribution >= 4 is 48.9 Å². The van der Waals surface area contributed by atoms with Crippen LogP contribution in [0.5, 0.6) is 0 Å². The molecule has 0 saturated heterocycles. The van der Waals surface area contributed by atoms with Crippen LogP contribution in [0.2, 0.25) is 0 Å². The topological polar surface area (TPSA) is 79.4 Å². The van der Waals surface area contributed by atoms with Crippen molar-refractivity contribution in [3.05, 3.63) is 84.1 Å². The molecule has 168 valence electrons. The Bertz CT molecular complexity index is 1410. The summed E-state index contributed by atoms with van der Waals surface area (Å²) in [6, 6.07) is 20.3. The maximum Gasteiger partial charge on any atom is 0.264 e. The maximum absolute atomic E-state index is 13.3. The number of carbonyl (C=O) groups excluding carboxylic acids is 1. The average Bonchev–Trinajstić information content (AvgIpc) is 3.30. The standard InChI is InChI=1S/C25H23N3O3S2/c29-25(27-21-10-13-24-20(16-21)17-26-32-24)14-9-18-7-11-22(12-8-18)33(30,31)28-15-3-5-19-4-1-2-6-23(19)28/h1-2,4,6-8,10-13,16-17H,3,5,9,14-15H2,(H,27,29). The summed E-state index contributed by atoms with van der Waals surface area (Å²) in [5, 5.41) is 3.92. The normalized spacial score (nSPS) is 13.6. The Balaban J connectivity index is 1.23. The van der Waals surface area contributed by atoms with Crippen molar-refractivity contribution in [3.63, 3.8) is 0 Å². The lowest BCUT2D eigenvalue weighted by Crippen LogP contribution is -2.35. The number of nitrogens with zero attached hydrogens (tertiary/aromatic N) is 2. The molecule has 0 fully saturated rings. The molecule has 0 atom stereocenters. The van der Waals surface area contributed by atoms with Gasteiger partial charge in [0.15, 0.2) is 0 Å². The fourth-order valence-corrected chi connectivity index (χ4v) is 6.30. The molecule has 6 nitrogen and oxygen atoms in total. The second-order valence-electron chi connectivity index (χ2n) is 8.08. The number of sulfonamides is 1. The van der Waals surface area contributed by atoms with Crippen LogP contribution in [0.1, 0.15) is 24.0 Å². The number of nitrogens with one attached hydrogen (secondary N) is 1. The largest absolute Gasteiger partial charge is 0.326 e. The van der Waals surface area contributed by atoms with E-state index in [1.807, 2.05) is 42.5 Å². The first kappa shape index (κ1) is 21.6. The lowest BCUT2D eigenvalue weighted by Gasteiger charge is -2.30. The van der Waals surface area contributed by atoms with Crippen LogP contribution >= 0.6 is 11.5 Å². The highest BCUT2D eigenvalue weighted by Gasteiger charge is 2.28. The quantitative estimate of drug-likeness (QED) is 0.423. The molecular weight excluding hydrogens is 454 g/mol. The molecule has 4 aromatic rings. The highest BCUT2D eigenvalue weighted by Crippen LogP contribution is 2.32. The Morgan fingerprint density at radius 1 is 1.06 bits per heavy atom. The maximum atomic E-state index is 13.3. The van der Waals surface area contributed by atoms with E-state index in [-0.39, 0.29) is 10.8 Å². The van der Waals surface area contributed by atoms with Gasteiger partial charge in [0, 0.05) is 30.2 Å². The van der Waals surface area contributed by atoms with Gasteiger partial charge in [0.1, 0.15) is 0 Å². The van der Waals surface area contributed by atoms with Gasteiger partial charge in [-0.15, -0.1) is 0 Å². The van der Waals surface area contributed by atoms with Crippen LogP contribution in [-0.4, -0.2) is 25.2 Å². The summed E-state index contributed by atoms with van der Waals surface area (Å²) in [5.41, 5.74) is 3.49. The van der Waals surface area contributed by atoms with Crippen molar-refractivity contribution in [1.29, 1.82) is 0 Å². The van der Waals surface area contributed by atoms with Crippen molar-refractivity contribution < 1.29 is 13.2 Å². The third-order valence-corrected chi connectivity index (χ3v) is 8.46. The number of amides is 1. The molecule has 5 rings (SSSR count). The van der Waals surface area contributed by atoms with Crippen molar-refractivity contribution in [2.24, 2.45) is 0 Å². The van der Waals surface area contributed by atoms with Gasteiger partial charge in [-0.2, -0.15) is 4.37 Å². The third kappa shape index (κ3) is 4.49. The average molecular weight is 478 g/mol. The first-order valence-corrected chi connectivity index (χ1v) is 13.1. The number of anilines is 2. The summed E-state index contributed by atoms with van der Waals surface area (Å²) in [7, 11) is -3.63. The summed E-state index contributed by atoms with van der Waals surface area (Å²) in [4.78, 5) is 12.7. The van der Waals surface area contributed by atoms with Crippen LogP contribution in [0.3, 0.4) is 0 Å². The summed E-state index contributed by atoms with van der Waals surface area (Å²) in [5.74, 6) is -0.0841. The zero-order chi connectivity index (χ0) is 22.8. The summed E-state index contributed by atoms with van der Waals surface area (Å²) < 4.78 is 33.3. The van der Waals surface area contributed by atoms with Gasteiger partial charge in [-0.25, -0.2) is 8.42 Å². The number of hydrogen-bond acceptors (Lipinski definition) is 5. The van der Waals surface area contributed by atoms with Gasteiger partial charge in [-0.1, -0.05) is 30.3 Å². The highest BCUT2D eigenvalue weighted by molar-refractivity contribution is 7.92. The van der Waals surface area contributed by atoms with Crippen LogP contribution in [0, 0.1) is 0 Å². The fourth-order valence-electron chi connectivity index (χ4n) is 4.14. The van der Waals surface area contributed by atoms with Crippen molar-refractivity contribution in [1.82, 2.24) is 4.37 Å². The number of aromatic nitrogens is 1. The number of aryl methyl sites for hydroxylation is 2.